The number of nitrogens with one attached hydrogen (secondary N) is 1. The molecule has 3 heterocycles. The van der Waals surface area contributed by atoms with Gasteiger partial charge in [-0.25, -0.2) is 9.37 Å². The van der Waals surface area contributed by atoms with Gasteiger partial charge in [-0.2, -0.15) is 0 Å². The summed E-state index contributed by atoms with van der Waals surface area (Å²) >= 11 is 0. The van der Waals surface area contributed by atoms with Crippen LogP contribution in [0.3, 0.4) is 0 Å². The third-order valence-corrected chi connectivity index (χ3v) is 5.40. The molecule has 0 saturated carbocycles. The van der Waals surface area contributed by atoms with Crippen LogP contribution in [0, 0.1) is 5.82 Å². The molecule has 4 rings (SSSR count). The van der Waals surface area contributed by atoms with E-state index >= 15 is 0 Å². The largest absolute Gasteiger partial charge is 0.494 e. The minimum absolute atomic E-state index is 0.248. The van der Waals surface area contributed by atoms with Crippen LogP contribution in [0.15, 0.2) is 41.3 Å². The van der Waals surface area contributed by atoms with Gasteiger partial charge in [0.2, 0.25) is 0 Å². The van der Waals surface area contributed by atoms with Crippen molar-refractivity contribution in [3.05, 3.63) is 52.7 Å². The predicted molar refractivity (Wildman–Crippen MR) is 117 cm³/mol. The summed E-state index contributed by atoms with van der Waals surface area (Å²) in [6, 6.07) is 8.50. The molecule has 1 aliphatic rings. The molecule has 1 fully saturated rings. The molecule has 30 heavy (non-hydrogen) atoms. The van der Waals surface area contributed by atoms with Gasteiger partial charge in [-0.1, -0.05) is 0 Å². The lowest BCUT2D eigenvalue weighted by Crippen LogP contribution is -2.49. The summed E-state index contributed by atoms with van der Waals surface area (Å²) in [6.07, 6.45) is 1.81. The topological polar surface area (TPSA) is 62.1 Å². The molecule has 8 heteroatoms. The SMILES string of the molecule is COc1cc(F)c(-c2cc(=O)n3cc(N4CCN[C@@H](C)C4)ccc3n2)cc1N(C)C. The monoisotopic (exact) mass is 411 g/mol. The molecule has 7 nitrogen and oxygen atoms in total. The zero-order valence-corrected chi connectivity index (χ0v) is 17.6. The highest BCUT2D eigenvalue weighted by Gasteiger charge is 2.18. The van der Waals surface area contributed by atoms with E-state index in [9.17, 15) is 9.18 Å². The number of hydrogen-bond donors (Lipinski definition) is 1. The number of benzene rings is 1. The van der Waals surface area contributed by atoms with Gasteiger partial charge in [-0.3, -0.25) is 9.20 Å². The lowest BCUT2D eigenvalue weighted by atomic mass is 10.1. The maximum absolute atomic E-state index is 14.8. The van der Waals surface area contributed by atoms with E-state index in [1.54, 1.807) is 12.1 Å². The fourth-order valence-corrected chi connectivity index (χ4v) is 3.84. The van der Waals surface area contributed by atoms with Gasteiger partial charge in [0.15, 0.2) is 0 Å². The normalized spacial score (nSPS) is 16.7. The second-order valence-corrected chi connectivity index (χ2v) is 7.79. The van der Waals surface area contributed by atoms with Crippen LogP contribution in [-0.4, -0.2) is 56.3 Å². The molecule has 0 spiro atoms. The van der Waals surface area contributed by atoms with E-state index in [0.717, 1.165) is 25.3 Å². The van der Waals surface area contributed by atoms with Gasteiger partial charge in [-0.15, -0.1) is 0 Å². The smallest absolute Gasteiger partial charge is 0.258 e. The Bertz CT molecular complexity index is 1140. The van der Waals surface area contributed by atoms with E-state index in [-0.39, 0.29) is 11.1 Å². The summed E-state index contributed by atoms with van der Waals surface area (Å²) in [5.74, 6) is -0.0613. The van der Waals surface area contributed by atoms with Gasteiger partial charge in [0.25, 0.3) is 5.56 Å². The lowest BCUT2D eigenvalue weighted by Gasteiger charge is -2.33. The minimum Gasteiger partial charge on any atom is -0.494 e. The number of anilines is 2. The molecule has 0 bridgehead atoms. The molecule has 1 saturated heterocycles. The van der Waals surface area contributed by atoms with E-state index in [1.165, 1.54) is 23.6 Å². The number of ether oxygens (including phenoxy) is 1. The highest BCUT2D eigenvalue weighted by Crippen LogP contribution is 2.34. The van der Waals surface area contributed by atoms with Crippen LogP contribution in [0.5, 0.6) is 5.75 Å². The Morgan fingerprint density at radius 2 is 2.07 bits per heavy atom. The van der Waals surface area contributed by atoms with Crippen LogP contribution in [-0.2, 0) is 0 Å². The Balaban J connectivity index is 1.78. The second-order valence-electron chi connectivity index (χ2n) is 7.79. The maximum atomic E-state index is 14.8. The molecule has 1 aliphatic heterocycles. The average molecular weight is 411 g/mol. The number of pyridine rings is 1. The second kappa shape index (κ2) is 7.95. The Hall–Kier alpha value is -3.13. The van der Waals surface area contributed by atoms with E-state index in [4.69, 9.17) is 4.74 Å². The number of methoxy groups -OCH3 is 1. The molecule has 0 aliphatic carbocycles. The molecule has 0 amide bonds. The number of aromatic nitrogens is 2. The van der Waals surface area contributed by atoms with Crippen molar-refractivity contribution in [1.82, 2.24) is 14.7 Å². The van der Waals surface area contributed by atoms with Crippen molar-refractivity contribution < 1.29 is 9.13 Å². The maximum Gasteiger partial charge on any atom is 0.258 e. The molecule has 2 aromatic heterocycles. The number of piperazine rings is 1. The van der Waals surface area contributed by atoms with Crippen molar-refractivity contribution in [1.29, 1.82) is 0 Å². The van der Waals surface area contributed by atoms with E-state index in [0.29, 0.717) is 28.8 Å². The predicted octanol–water partition coefficient (Wildman–Crippen LogP) is 2.37. The highest BCUT2D eigenvalue weighted by molar-refractivity contribution is 5.72. The molecular weight excluding hydrogens is 385 g/mol. The molecule has 3 aromatic rings. The number of hydrogen-bond acceptors (Lipinski definition) is 6. The van der Waals surface area contributed by atoms with E-state index in [1.807, 2.05) is 31.3 Å². The molecule has 1 aromatic carbocycles. The van der Waals surface area contributed by atoms with Crippen molar-refractivity contribution in [3.63, 3.8) is 0 Å². The summed E-state index contributed by atoms with van der Waals surface area (Å²) in [4.78, 5) is 21.5. The first kappa shape index (κ1) is 20.2. The highest BCUT2D eigenvalue weighted by atomic mass is 19.1. The van der Waals surface area contributed by atoms with Crippen LogP contribution >= 0.6 is 0 Å². The zero-order valence-electron chi connectivity index (χ0n) is 17.6. The van der Waals surface area contributed by atoms with Gasteiger partial charge < -0.3 is 19.9 Å². The number of nitrogens with zero attached hydrogens (tertiary/aromatic N) is 4. The summed E-state index contributed by atoms with van der Waals surface area (Å²) in [5.41, 5.74) is 2.47. The molecule has 0 unspecified atom stereocenters. The molecule has 0 radical (unpaired) electrons. The minimum atomic E-state index is -0.486. The van der Waals surface area contributed by atoms with E-state index in [2.05, 4.69) is 22.1 Å². The third-order valence-electron chi connectivity index (χ3n) is 5.40. The molecule has 158 valence electrons. The van der Waals surface area contributed by atoms with Gasteiger partial charge in [0.1, 0.15) is 17.2 Å². The van der Waals surface area contributed by atoms with Gasteiger partial charge in [0.05, 0.1) is 24.2 Å². The quantitative estimate of drug-likeness (QED) is 0.711. The number of halogens is 1. The fraction of sp³-hybridized carbons (Fsp3) is 0.364. The zero-order chi connectivity index (χ0) is 21.4. The first-order chi connectivity index (χ1) is 14.4. The van der Waals surface area contributed by atoms with Crippen molar-refractivity contribution in [2.75, 3.05) is 50.6 Å². The van der Waals surface area contributed by atoms with Crippen LogP contribution < -0.4 is 25.4 Å². The molecule has 1 N–H and O–H groups in total. The van der Waals surface area contributed by atoms with Crippen LogP contribution in [0.1, 0.15) is 6.92 Å². The van der Waals surface area contributed by atoms with Gasteiger partial charge >= 0.3 is 0 Å². The summed E-state index contributed by atoms with van der Waals surface area (Å²) in [7, 11) is 5.19. The van der Waals surface area contributed by atoms with Crippen molar-refractivity contribution in [3.8, 4) is 17.0 Å². The molecular formula is C22H26FN5O2. The van der Waals surface area contributed by atoms with Crippen molar-refractivity contribution in [2.45, 2.75) is 13.0 Å². The average Bonchev–Trinajstić information content (AvgIpc) is 2.73. The third kappa shape index (κ3) is 3.70. The number of fused-ring (bicyclic) bond motifs is 1. The van der Waals surface area contributed by atoms with Crippen molar-refractivity contribution in [2.24, 2.45) is 0 Å². The van der Waals surface area contributed by atoms with Crippen LogP contribution in [0.4, 0.5) is 15.8 Å². The van der Waals surface area contributed by atoms with Crippen molar-refractivity contribution >= 4 is 17.0 Å². The standard InChI is InChI=1S/C22H26FN5O2/c1-14-12-27(8-7-24-14)15-5-6-21-25-18(11-22(29)28(21)13-15)16-9-19(26(2)3)20(30-4)10-17(16)23/h5-6,9-11,13-14,24H,7-8,12H2,1-4H3/t14-/m0/s1. The summed E-state index contributed by atoms with van der Waals surface area (Å²) < 4.78 is 21.6. The first-order valence-corrected chi connectivity index (χ1v) is 9.94. The van der Waals surface area contributed by atoms with Crippen LogP contribution in [0.2, 0.25) is 0 Å². The molecule has 1 atom stereocenters. The van der Waals surface area contributed by atoms with Crippen LogP contribution in [0.25, 0.3) is 16.9 Å². The first-order valence-electron chi connectivity index (χ1n) is 9.94. The van der Waals surface area contributed by atoms with Gasteiger partial charge in [-0.05, 0) is 25.1 Å². The fourth-order valence-electron chi connectivity index (χ4n) is 3.84. The number of rotatable bonds is 4. The lowest BCUT2D eigenvalue weighted by molar-refractivity contribution is 0.412. The Morgan fingerprint density at radius 1 is 1.27 bits per heavy atom. The van der Waals surface area contributed by atoms with Gasteiger partial charge in [0, 0.05) is 63.7 Å². The summed E-state index contributed by atoms with van der Waals surface area (Å²) in [6.45, 7) is 4.78. The Kier molecular flexibility index (Phi) is 5.34. The summed E-state index contributed by atoms with van der Waals surface area (Å²) in [5, 5.41) is 3.41. The Morgan fingerprint density at radius 3 is 2.77 bits per heavy atom. The Labute approximate surface area is 174 Å². The van der Waals surface area contributed by atoms with E-state index < -0.39 is 5.82 Å².